The Balaban J connectivity index is 3.08. The largest absolute Gasteiger partial charge is 0.407 e. The van der Waals surface area contributed by atoms with Crippen LogP contribution in [0.15, 0.2) is 10.5 Å². The van der Waals surface area contributed by atoms with Crippen LogP contribution in [0.1, 0.15) is 12.5 Å². The zero-order valence-corrected chi connectivity index (χ0v) is 9.44. The molecule has 1 aromatic rings. The molecule has 0 fully saturated rings. The summed E-state index contributed by atoms with van der Waals surface area (Å²) in [6, 6.07) is 1.74. The monoisotopic (exact) mass is 263 g/mol. The highest BCUT2D eigenvalue weighted by molar-refractivity contribution is 9.10. The van der Waals surface area contributed by atoms with Gasteiger partial charge in [0.2, 0.25) is 5.88 Å². The summed E-state index contributed by atoms with van der Waals surface area (Å²) in [5, 5.41) is 0.279. The first kappa shape index (κ1) is 10.5. The van der Waals surface area contributed by atoms with Crippen LogP contribution >= 0.6 is 27.5 Å². The van der Waals surface area contributed by atoms with E-state index in [9.17, 15) is 4.79 Å². The van der Waals surface area contributed by atoms with E-state index in [1.54, 1.807) is 13.0 Å². The lowest BCUT2D eigenvalue weighted by molar-refractivity contribution is -0.132. The maximum absolute atomic E-state index is 10.6. The number of carbonyl (C=O) groups excluding carboxylic acids is 1. The zero-order chi connectivity index (χ0) is 10.0. The summed E-state index contributed by atoms with van der Waals surface area (Å²) in [5.74, 6) is -0.158. The third-order valence-electron chi connectivity index (χ3n) is 1.32. The summed E-state index contributed by atoms with van der Waals surface area (Å²) in [4.78, 5) is 14.5. The molecule has 0 aliphatic carbocycles. The van der Waals surface area contributed by atoms with Crippen molar-refractivity contribution in [1.29, 1.82) is 0 Å². The highest BCUT2D eigenvalue weighted by Gasteiger charge is 2.08. The van der Waals surface area contributed by atoms with E-state index in [0.29, 0.717) is 4.47 Å². The SMILES string of the molecule is CC(=O)Oc1nc(Cl)c(Br)cc1C. The summed E-state index contributed by atoms with van der Waals surface area (Å²) >= 11 is 8.93. The first-order valence-electron chi connectivity index (χ1n) is 3.51. The van der Waals surface area contributed by atoms with Crippen LogP contribution in [-0.2, 0) is 4.79 Å². The van der Waals surface area contributed by atoms with Crippen LogP contribution < -0.4 is 4.74 Å². The number of pyridine rings is 1. The van der Waals surface area contributed by atoms with Gasteiger partial charge in [0, 0.05) is 12.5 Å². The van der Waals surface area contributed by atoms with Crippen molar-refractivity contribution in [2.75, 3.05) is 0 Å². The lowest BCUT2D eigenvalue weighted by Crippen LogP contribution is -2.04. The highest BCUT2D eigenvalue weighted by Crippen LogP contribution is 2.26. The van der Waals surface area contributed by atoms with E-state index in [4.69, 9.17) is 16.3 Å². The van der Waals surface area contributed by atoms with Crippen molar-refractivity contribution in [2.24, 2.45) is 0 Å². The van der Waals surface area contributed by atoms with E-state index in [-0.39, 0.29) is 11.0 Å². The number of aryl methyl sites for hydroxylation is 1. The molecule has 0 aromatic carbocycles. The molecule has 0 unspecified atom stereocenters. The Bertz CT molecular complexity index is 354. The third-order valence-corrected chi connectivity index (χ3v) is 2.44. The molecule has 5 heteroatoms. The van der Waals surface area contributed by atoms with Crippen molar-refractivity contribution in [1.82, 2.24) is 4.98 Å². The Morgan fingerprint density at radius 3 is 2.85 bits per heavy atom. The van der Waals surface area contributed by atoms with Gasteiger partial charge >= 0.3 is 5.97 Å². The number of hydrogen-bond donors (Lipinski definition) is 0. The first-order valence-corrected chi connectivity index (χ1v) is 4.69. The van der Waals surface area contributed by atoms with Crippen LogP contribution in [0.3, 0.4) is 0 Å². The smallest absolute Gasteiger partial charge is 0.309 e. The third kappa shape index (κ3) is 2.67. The molecule has 0 amide bonds. The predicted octanol–water partition coefficient (Wildman–Crippen LogP) is 2.73. The molecule has 3 nitrogen and oxygen atoms in total. The second-order valence-corrected chi connectivity index (χ2v) is 3.69. The molecule has 1 rings (SSSR count). The zero-order valence-electron chi connectivity index (χ0n) is 7.10. The van der Waals surface area contributed by atoms with Crippen LogP contribution in [-0.4, -0.2) is 11.0 Å². The molecule has 0 N–H and O–H groups in total. The minimum absolute atomic E-state index is 0.251. The quantitative estimate of drug-likeness (QED) is 0.578. The van der Waals surface area contributed by atoms with Crippen molar-refractivity contribution in [3.05, 3.63) is 21.3 Å². The predicted molar refractivity (Wildman–Crippen MR) is 53.0 cm³/mol. The van der Waals surface area contributed by atoms with Gasteiger partial charge in [-0.3, -0.25) is 4.79 Å². The molecular formula is C8H7BrClNO2. The molecule has 0 spiro atoms. The topological polar surface area (TPSA) is 39.2 Å². The lowest BCUT2D eigenvalue weighted by Gasteiger charge is -2.05. The Labute approximate surface area is 89.2 Å². The van der Waals surface area contributed by atoms with E-state index < -0.39 is 5.97 Å². The molecule has 0 bridgehead atoms. The second-order valence-electron chi connectivity index (χ2n) is 2.48. The summed E-state index contributed by atoms with van der Waals surface area (Å²) < 4.78 is 5.51. The molecule has 1 aromatic heterocycles. The van der Waals surface area contributed by atoms with Gasteiger partial charge in [-0.1, -0.05) is 11.6 Å². The summed E-state index contributed by atoms with van der Waals surface area (Å²) in [6.07, 6.45) is 0. The number of rotatable bonds is 1. The van der Waals surface area contributed by atoms with Gasteiger partial charge in [0.15, 0.2) is 0 Å². The van der Waals surface area contributed by atoms with E-state index in [2.05, 4.69) is 20.9 Å². The number of halogens is 2. The Hall–Kier alpha value is -0.610. The van der Waals surface area contributed by atoms with E-state index in [1.807, 2.05) is 0 Å². The average molecular weight is 265 g/mol. The van der Waals surface area contributed by atoms with Gasteiger partial charge < -0.3 is 4.74 Å². The van der Waals surface area contributed by atoms with Gasteiger partial charge in [-0.25, -0.2) is 0 Å². The van der Waals surface area contributed by atoms with Crippen LogP contribution in [0, 0.1) is 6.92 Å². The molecule has 70 valence electrons. The van der Waals surface area contributed by atoms with Gasteiger partial charge in [0.1, 0.15) is 5.15 Å². The fraction of sp³-hybridized carbons (Fsp3) is 0.250. The normalized spacial score (nSPS) is 9.85. The number of esters is 1. The summed E-state index contributed by atoms with van der Waals surface area (Å²) in [7, 11) is 0. The number of ether oxygens (including phenoxy) is 1. The molecule has 0 saturated heterocycles. The van der Waals surface area contributed by atoms with E-state index in [1.165, 1.54) is 6.92 Å². The molecule has 0 aliphatic rings. The lowest BCUT2D eigenvalue weighted by atomic mass is 10.3. The number of nitrogens with zero attached hydrogens (tertiary/aromatic N) is 1. The average Bonchev–Trinajstić information content (AvgIpc) is 1.99. The first-order chi connectivity index (χ1) is 6.00. The van der Waals surface area contributed by atoms with Gasteiger partial charge in [0.25, 0.3) is 0 Å². The molecule has 13 heavy (non-hydrogen) atoms. The minimum Gasteiger partial charge on any atom is -0.407 e. The van der Waals surface area contributed by atoms with Crippen molar-refractivity contribution in [2.45, 2.75) is 13.8 Å². The van der Waals surface area contributed by atoms with E-state index >= 15 is 0 Å². The summed E-state index contributed by atoms with van der Waals surface area (Å²) in [5.41, 5.74) is 0.756. The van der Waals surface area contributed by atoms with E-state index in [0.717, 1.165) is 5.56 Å². The van der Waals surface area contributed by atoms with Crippen molar-refractivity contribution in [3.63, 3.8) is 0 Å². The maximum atomic E-state index is 10.6. The number of hydrogen-bond acceptors (Lipinski definition) is 3. The molecule has 0 saturated carbocycles. The van der Waals surface area contributed by atoms with Crippen LogP contribution in [0.4, 0.5) is 0 Å². The van der Waals surface area contributed by atoms with Gasteiger partial charge in [-0.05, 0) is 28.9 Å². The Kier molecular flexibility index (Phi) is 3.27. The fourth-order valence-electron chi connectivity index (χ4n) is 0.782. The van der Waals surface area contributed by atoms with Crippen molar-refractivity contribution in [3.8, 4) is 5.88 Å². The summed E-state index contributed by atoms with van der Waals surface area (Å²) in [6.45, 7) is 3.10. The fourth-order valence-corrected chi connectivity index (χ4v) is 1.34. The molecular weight excluding hydrogens is 257 g/mol. The Morgan fingerprint density at radius 2 is 2.31 bits per heavy atom. The van der Waals surface area contributed by atoms with Crippen LogP contribution in [0.2, 0.25) is 5.15 Å². The van der Waals surface area contributed by atoms with Crippen LogP contribution in [0.5, 0.6) is 5.88 Å². The number of carbonyl (C=O) groups is 1. The standard InChI is InChI=1S/C8H7BrClNO2/c1-4-3-6(9)7(10)11-8(4)13-5(2)12/h3H,1-2H3. The molecule has 0 radical (unpaired) electrons. The van der Waals surface area contributed by atoms with Crippen molar-refractivity contribution < 1.29 is 9.53 Å². The van der Waals surface area contributed by atoms with Gasteiger partial charge in [0.05, 0.1) is 4.47 Å². The Morgan fingerprint density at radius 1 is 1.69 bits per heavy atom. The van der Waals surface area contributed by atoms with Crippen LogP contribution in [0.25, 0.3) is 0 Å². The minimum atomic E-state index is -0.408. The van der Waals surface area contributed by atoms with Gasteiger partial charge in [-0.15, -0.1) is 0 Å². The number of aromatic nitrogens is 1. The molecule has 1 heterocycles. The molecule has 0 aliphatic heterocycles. The van der Waals surface area contributed by atoms with Crippen molar-refractivity contribution >= 4 is 33.5 Å². The highest BCUT2D eigenvalue weighted by atomic mass is 79.9. The maximum Gasteiger partial charge on any atom is 0.309 e. The second kappa shape index (κ2) is 4.07. The molecule has 0 atom stereocenters. The van der Waals surface area contributed by atoms with Gasteiger partial charge in [-0.2, -0.15) is 4.98 Å².